The average Bonchev–Trinajstić information content (AvgIpc) is 2.71. The lowest BCUT2D eigenvalue weighted by Crippen LogP contribution is -2.12. The highest BCUT2D eigenvalue weighted by Gasteiger charge is 2.37. The van der Waals surface area contributed by atoms with Gasteiger partial charge in [0, 0.05) is 11.6 Å². The van der Waals surface area contributed by atoms with E-state index >= 15 is 4.39 Å². The number of unbranched alkanes of at least 4 members (excludes halogenated alkanes) is 1. The van der Waals surface area contributed by atoms with E-state index in [0.717, 1.165) is 30.9 Å². The van der Waals surface area contributed by atoms with Gasteiger partial charge in [-0.25, -0.2) is 17.6 Å². The minimum Gasteiger partial charge on any atom is -0.507 e. The summed E-state index contributed by atoms with van der Waals surface area (Å²) in [7, 11) is 0. The third-order valence-corrected chi connectivity index (χ3v) is 5.40. The number of rotatable bonds is 7. The Labute approximate surface area is 186 Å². The molecule has 0 radical (unpaired) electrons. The summed E-state index contributed by atoms with van der Waals surface area (Å²) >= 11 is 0. The molecule has 33 heavy (non-hydrogen) atoms. The van der Waals surface area contributed by atoms with Crippen LogP contribution in [0.1, 0.15) is 42.0 Å². The number of phenolic OH excluding ortho intramolecular Hbond substituents is 1. The zero-order valence-corrected chi connectivity index (χ0v) is 17.7. The van der Waals surface area contributed by atoms with Gasteiger partial charge in [0.15, 0.2) is 0 Å². The Morgan fingerprint density at radius 2 is 1.36 bits per heavy atom. The van der Waals surface area contributed by atoms with E-state index in [0.29, 0.717) is 17.7 Å². The third-order valence-electron chi connectivity index (χ3n) is 5.40. The van der Waals surface area contributed by atoms with Crippen molar-refractivity contribution >= 4 is 0 Å². The van der Waals surface area contributed by atoms with Gasteiger partial charge in [-0.1, -0.05) is 37.6 Å². The van der Waals surface area contributed by atoms with E-state index in [-0.39, 0.29) is 24.0 Å². The number of halogens is 7. The zero-order chi connectivity index (χ0) is 24.3. The first-order valence-electron chi connectivity index (χ1n) is 10.4. The van der Waals surface area contributed by atoms with E-state index in [1.807, 2.05) is 0 Å². The van der Waals surface area contributed by atoms with E-state index in [1.54, 1.807) is 24.3 Å². The number of phenols is 1. The summed E-state index contributed by atoms with van der Waals surface area (Å²) in [6.07, 6.45) is -3.09. The maximum atomic E-state index is 15.2. The minimum atomic E-state index is -5.21. The van der Waals surface area contributed by atoms with Gasteiger partial charge in [-0.15, -0.1) is 0 Å². The molecule has 0 aliphatic heterocycles. The van der Waals surface area contributed by atoms with Crippen molar-refractivity contribution in [2.24, 2.45) is 0 Å². The molecule has 3 aromatic rings. The van der Waals surface area contributed by atoms with Gasteiger partial charge in [0.25, 0.3) is 0 Å². The van der Waals surface area contributed by atoms with Crippen molar-refractivity contribution in [2.45, 2.75) is 45.2 Å². The van der Waals surface area contributed by atoms with Crippen molar-refractivity contribution in [1.29, 1.82) is 0 Å². The summed E-state index contributed by atoms with van der Waals surface area (Å²) in [6, 6.07) is 8.50. The summed E-state index contributed by atoms with van der Waals surface area (Å²) in [4.78, 5) is 0. The molecule has 0 atom stereocenters. The Balaban J connectivity index is 1.89. The molecule has 0 aliphatic carbocycles. The monoisotopic (exact) mass is 470 g/mol. The van der Waals surface area contributed by atoms with Gasteiger partial charge in [-0.3, -0.25) is 0 Å². The number of aryl methyl sites for hydroxylation is 2. The van der Waals surface area contributed by atoms with Gasteiger partial charge in [-0.2, -0.15) is 13.2 Å². The molecule has 0 fully saturated rings. The van der Waals surface area contributed by atoms with E-state index in [2.05, 4.69) is 6.92 Å². The van der Waals surface area contributed by atoms with E-state index in [9.17, 15) is 31.4 Å². The van der Waals surface area contributed by atoms with Gasteiger partial charge in [0.2, 0.25) is 0 Å². The molecule has 0 saturated carbocycles. The van der Waals surface area contributed by atoms with E-state index in [4.69, 9.17) is 0 Å². The van der Waals surface area contributed by atoms with E-state index < -0.39 is 46.3 Å². The fourth-order valence-electron chi connectivity index (χ4n) is 3.68. The predicted octanol–water partition coefficient (Wildman–Crippen LogP) is 7.76. The highest BCUT2D eigenvalue weighted by Crippen LogP contribution is 2.37. The summed E-state index contributed by atoms with van der Waals surface area (Å²) in [6.45, 7) is 2.05. The maximum absolute atomic E-state index is 15.2. The van der Waals surface area contributed by atoms with Crippen LogP contribution in [0.25, 0.3) is 11.1 Å². The van der Waals surface area contributed by atoms with Crippen molar-refractivity contribution < 1.29 is 35.8 Å². The number of hydrogen-bond acceptors (Lipinski definition) is 1. The van der Waals surface area contributed by atoms with Crippen LogP contribution < -0.4 is 0 Å². The third kappa shape index (κ3) is 5.49. The quantitative estimate of drug-likeness (QED) is 0.350. The lowest BCUT2D eigenvalue weighted by molar-refractivity contribution is -0.142. The minimum absolute atomic E-state index is 0.188. The largest absolute Gasteiger partial charge is 0.507 e. The number of hydrogen-bond donors (Lipinski definition) is 1. The highest BCUT2D eigenvalue weighted by atomic mass is 19.4. The van der Waals surface area contributed by atoms with Crippen LogP contribution in [0.5, 0.6) is 5.75 Å². The molecular formula is C25H21F7O. The van der Waals surface area contributed by atoms with Gasteiger partial charge in [0.05, 0.1) is 5.56 Å². The van der Waals surface area contributed by atoms with Crippen LogP contribution in [-0.4, -0.2) is 5.11 Å². The lowest BCUT2D eigenvalue weighted by Gasteiger charge is -2.14. The normalized spacial score (nSPS) is 11.8. The SMILES string of the molecule is CCCCc1ccc(-c2c(O)cc(F)c(CCc3cc(F)c(C(F)(F)F)c(F)c3)c2F)cc1. The van der Waals surface area contributed by atoms with Crippen LogP contribution in [0, 0.1) is 23.3 Å². The second-order valence-corrected chi connectivity index (χ2v) is 7.78. The maximum Gasteiger partial charge on any atom is 0.422 e. The molecule has 3 rings (SSSR count). The Kier molecular flexibility index (Phi) is 7.34. The molecule has 8 heteroatoms. The number of benzene rings is 3. The second kappa shape index (κ2) is 9.85. The van der Waals surface area contributed by atoms with Gasteiger partial charge in [0.1, 0.15) is 34.6 Å². The van der Waals surface area contributed by atoms with Crippen LogP contribution in [0.3, 0.4) is 0 Å². The molecule has 0 bridgehead atoms. The molecule has 1 N–H and O–H groups in total. The Morgan fingerprint density at radius 1 is 0.758 bits per heavy atom. The van der Waals surface area contributed by atoms with Crippen molar-refractivity contribution in [2.75, 3.05) is 0 Å². The molecule has 0 amide bonds. The smallest absolute Gasteiger partial charge is 0.422 e. The lowest BCUT2D eigenvalue weighted by atomic mass is 9.95. The topological polar surface area (TPSA) is 20.2 Å². The molecule has 176 valence electrons. The summed E-state index contributed by atoms with van der Waals surface area (Å²) in [5.41, 5.74) is -1.53. The fourth-order valence-corrected chi connectivity index (χ4v) is 3.68. The van der Waals surface area contributed by atoms with Crippen LogP contribution in [0.4, 0.5) is 30.7 Å². The van der Waals surface area contributed by atoms with E-state index in [1.165, 1.54) is 0 Å². The molecule has 0 saturated heterocycles. The molecule has 0 heterocycles. The highest BCUT2D eigenvalue weighted by molar-refractivity contribution is 5.72. The molecule has 3 aromatic carbocycles. The van der Waals surface area contributed by atoms with Crippen molar-refractivity contribution in [3.63, 3.8) is 0 Å². The first-order valence-corrected chi connectivity index (χ1v) is 10.4. The summed E-state index contributed by atoms with van der Waals surface area (Å²) < 4.78 is 95.3. The second-order valence-electron chi connectivity index (χ2n) is 7.78. The Morgan fingerprint density at radius 3 is 1.91 bits per heavy atom. The van der Waals surface area contributed by atoms with Crippen molar-refractivity contribution in [1.82, 2.24) is 0 Å². The molecule has 0 aromatic heterocycles. The molecule has 0 spiro atoms. The Bertz CT molecular complexity index is 1110. The van der Waals surface area contributed by atoms with Crippen molar-refractivity contribution in [3.8, 4) is 16.9 Å². The van der Waals surface area contributed by atoms with Crippen LogP contribution in [0.15, 0.2) is 42.5 Å². The van der Waals surface area contributed by atoms with Gasteiger partial charge >= 0.3 is 6.18 Å². The standard InChI is InChI=1S/C25H21F7O/c1-2-3-4-14-5-8-16(9-6-14)22-21(33)13-18(26)17(24(22)29)10-7-15-11-19(27)23(20(28)12-15)25(30,31)32/h5-6,8-9,11-13,33H,2-4,7,10H2,1H3. The fraction of sp³-hybridized carbons (Fsp3) is 0.280. The summed E-state index contributed by atoms with van der Waals surface area (Å²) in [5.74, 6) is -6.31. The van der Waals surface area contributed by atoms with Crippen LogP contribution in [-0.2, 0) is 25.4 Å². The Hall–Kier alpha value is -3.03. The van der Waals surface area contributed by atoms with Gasteiger partial charge < -0.3 is 5.11 Å². The molecule has 0 unspecified atom stereocenters. The molecule has 1 nitrogen and oxygen atoms in total. The summed E-state index contributed by atoms with van der Waals surface area (Å²) in [5, 5.41) is 10.1. The zero-order valence-electron chi connectivity index (χ0n) is 17.7. The number of alkyl halides is 3. The van der Waals surface area contributed by atoms with Crippen LogP contribution >= 0.6 is 0 Å². The number of aromatic hydroxyl groups is 1. The first-order chi connectivity index (χ1) is 15.5. The average molecular weight is 470 g/mol. The van der Waals surface area contributed by atoms with Crippen LogP contribution in [0.2, 0.25) is 0 Å². The predicted molar refractivity (Wildman–Crippen MR) is 111 cm³/mol. The molecule has 0 aliphatic rings. The molecular weight excluding hydrogens is 449 g/mol. The van der Waals surface area contributed by atoms with Gasteiger partial charge in [-0.05, 0) is 54.5 Å². The van der Waals surface area contributed by atoms with Crippen molar-refractivity contribution in [3.05, 3.63) is 88.0 Å². The first kappa shape index (κ1) is 24.6.